The van der Waals surface area contributed by atoms with Crippen molar-refractivity contribution in [2.75, 3.05) is 13.1 Å². The summed E-state index contributed by atoms with van der Waals surface area (Å²) in [6.45, 7) is 5.17. The number of hydrogen-bond acceptors (Lipinski definition) is 2. The molecule has 0 saturated carbocycles. The second-order valence-corrected chi connectivity index (χ2v) is 6.01. The number of piperazine rings is 1. The van der Waals surface area contributed by atoms with Crippen molar-refractivity contribution in [1.29, 1.82) is 0 Å². The molecule has 1 saturated heterocycles. The second-order valence-electron chi connectivity index (χ2n) is 6.01. The summed E-state index contributed by atoms with van der Waals surface area (Å²) in [4.78, 5) is 26.1. The number of carbonyl (C=O) groups excluding carboxylic acids is 2. The van der Waals surface area contributed by atoms with Gasteiger partial charge >= 0.3 is 0 Å². The topological polar surface area (TPSA) is 49.4 Å². The van der Waals surface area contributed by atoms with Gasteiger partial charge in [0.25, 0.3) is 0 Å². The molecule has 2 rings (SSSR count). The number of rotatable bonds is 6. The summed E-state index contributed by atoms with van der Waals surface area (Å²) in [5, 5.41) is 2.69. The van der Waals surface area contributed by atoms with E-state index in [0.29, 0.717) is 12.5 Å². The van der Waals surface area contributed by atoms with Crippen LogP contribution < -0.4 is 5.32 Å². The molecule has 0 aromatic heterocycles. The molecule has 1 aliphatic rings. The third kappa shape index (κ3) is 4.06. The Morgan fingerprint density at radius 3 is 2.57 bits per heavy atom. The fourth-order valence-corrected chi connectivity index (χ4v) is 2.70. The summed E-state index contributed by atoms with van der Waals surface area (Å²) in [5.41, 5.74) is 0.881. The molecular weight excluding hydrogens is 264 g/mol. The molecule has 1 fully saturated rings. The normalized spacial score (nSPS) is 19.0. The van der Waals surface area contributed by atoms with Crippen LogP contribution in [0.3, 0.4) is 0 Å². The molecule has 1 unspecified atom stereocenters. The number of unbranched alkanes of at least 4 members (excludes halogenated alkanes) is 1. The van der Waals surface area contributed by atoms with Crippen molar-refractivity contribution >= 4 is 11.8 Å². The average molecular weight is 288 g/mol. The van der Waals surface area contributed by atoms with Gasteiger partial charge in [-0.3, -0.25) is 9.59 Å². The summed E-state index contributed by atoms with van der Waals surface area (Å²) in [7, 11) is 0. The molecule has 4 heteroatoms. The second kappa shape index (κ2) is 7.25. The molecule has 0 bridgehead atoms. The van der Waals surface area contributed by atoms with Crippen LogP contribution >= 0.6 is 0 Å². The summed E-state index contributed by atoms with van der Waals surface area (Å²) >= 11 is 0. The van der Waals surface area contributed by atoms with E-state index in [1.807, 2.05) is 30.3 Å². The van der Waals surface area contributed by atoms with Crippen LogP contribution in [-0.2, 0) is 9.59 Å². The molecule has 0 radical (unpaired) electrons. The van der Waals surface area contributed by atoms with Crippen molar-refractivity contribution in [3.8, 4) is 0 Å². The van der Waals surface area contributed by atoms with Crippen LogP contribution in [0.1, 0.15) is 44.7 Å². The van der Waals surface area contributed by atoms with Crippen molar-refractivity contribution in [2.24, 2.45) is 5.92 Å². The van der Waals surface area contributed by atoms with Crippen LogP contribution in [0.4, 0.5) is 0 Å². The maximum absolute atomic E-state index is 12.2. The van der Waals surface area contributed by atoms with Gasteiger partial charge in [-0.15, -0.1) is 0 Å². The number of nitrogens with one attached hydrogen (secondary N) is 1. The smallest absolute Gasteiger partial charge is 0.247 e. The van der Waals surface area contributed by atoms with Gasteiger partial charge in [-0.1, -0.05) is 57.0 Å². The van der Waals surface area contributed by atoms with Crippen LogP contribution in [0.2, 0.25) is 0 Å². The SMILES string of the molecule is CC(C)CCCCN1C(=O)CNC(=O)C1c1ccccc1. The minimum absolute atomic E-state index is 0.00741. The highest BCUT2D eigenvalue weighted by Crippen LogP contribution is 2.24. The number of carbonyl (C=O) groups is 2. The fourth-order valence-electron chi connectivity index (χ4n) is 2.70. The molecule has 1 aromatic carbocycles. The van der Waals surface area contributed by atoms with Gasteiger partial charge in [0.15, 0.2) is 0 Å². The Morgan fingerprint density at radius 2 is 1.90 bits per heavy atom. The van der Waals surface area contributed by atoms with Gasteiger partial charge in [0.1, 0.15) is 6.04 Å². The number of hydrogen-bond donors (Lipinski definition) is 1. The van der Waals surface area contributed by atoms with E-state index >= 15 is 0 Å². The van der Waals surface area contributed by atoms with Crippen molar-refractivity contribution in [3.05, 3.63) is 35.9 Å². The number of amides is 2. The molecule has 1 aliphatic heterocycles. The zero-order valence-electron chi connectivity index (χ0n) is 12.8. The van der Waals surface area contributed by atoms with Crippen LogP contribution in [0.25, 0.3) is 0 Å². The predicted molar refractivity (Wildman–Crippen MR) is 82.6 cm³/mol. The van der Waals surface area contributed by atoms with E-state index in [0.717, 1.165) is 24.8 Å². The Bertz CT molecular complexity index is 485. The van der Waals surface area contributed by atoms with E-state index in [-0.39, 0.29) is 18.4 Å². The van der Waals surface area contributed by atoms with Crippen LogP contribution in [0.5, 0.6) is 0 Å². The van der Waals surface area contributed by atoms with Gasteiger partial charge in [-0.25, -0.2) is 0 Å². The highest BCUT2D eigenvalue weighted by atomic mass is 16.2. The van der Waals surface area contributed by atoms with Crippen molar-refractivity contribution in [2.45, 2.75) is 39.2 Å². The molecule has 1 heterocycles. The molecule has 114 valence electrons. The highest BCUT2D eigenvalue weighted by Gasteiger charge is 2.34. The van der Waals surface area contributed by atoms with Crippen molar-refractivity contribution in [3.63, 3.8) is 0 Å². The van der Waals surface area contributed by atoms with Gasteiger partial charge in [0.05, 0.1) is 6.54 Å². The van der Waals surface area contributed by atoms with Gasteiger partial charge in [0, 0.05) is 6.54 Å². The molecule has 2 amide bonds. The van der Waals surface area contributed by atoms with E-state index < -0.39 is 6.04 Å². The Hall–Kier alpha value is -1.84. The zero-order chi connectivity index (χ0) is 15.2. The monoisotopic (exact) mass is 288 g/mol. The Labute approximate surface area is 126 Å². The fraction of sp³-hybridized carbons (Fsp3) is 0.529. The first-order valence-electron chi connectivity index (χ1n) is 7.71. The third-order valence-corrected chi connectivity index (χ3v) is 3.84. The Balaban J connectivity index is 2.06. The largest absolute Gasteiger partial charge is 0.345 e. The first-order chi connectivity index (χ1) is 10.1. The molecule has 0 spiro atoms. The third-order valence-electron chi connectivity index (χ3n) is 3.84. The Kier molecular flexibility index (Phi) is 5.37. The van der Waals surface area contributed by atoms with Gasteiger partial charge in [-0.05, 0) is 17.9 Å². The van der Waals surface area contributed by atoms with E-state index in [2.05, 4.69) is 19.2 Å². The lowest BCUT2D eigenvalue weighted by Gasteiger charge is -2.35. The standard InChI is InChI=1S/C17H24N2O2/c1-13(2)8-6-7-11-19-15(20)12-18-17(21)16(19)14-9-4-3-5-10-14/h3-5,9-10,13,16H,6-8,11-12H2,1-2H3,(H,18,21). The molecule has 1 aromatic rings. The predicted octanol–water partition coefficient (Wildman–Crippen LogP) is 2.51. The van der Waals surface area contributed by atoms with Gasteiger partial charge in [-0.2, -0.15) is 0 Å². The van der Waals surface area contributed by atoms with E-state index in [1.165, 1.54) is 0 Å². The molecule has 4 nitrogen and oxygen atoms in total. The van der Waals surface area contributed by atoms with Gasteiger partial charge in [0.2, 0.25) is 11.8 Å². The number of nitrogens with zero attached hydrogens (tertiary/aromatic N) is 1. The van der Waals surface area contributed by atoms with Crippen molar-refractivity contribution in [1.82, 2.24) is 10.2 Å². The lowest BCUT2D eigenvalue weighted by molar-refractivity contribution is -0.146. The summed E-state index contributed by atoms with van der Waals surface area (Å²) < 4.78 is 0. The van der Waals surface area contributed by atoms with E-state index in [4.69, 9.17) is 0 Å². The first-order valence-corrected chi connectivity index (χ1v) is 7.71. The van der Waals surface area contributed by atoms with E-state index in [1.54, 1.807) is 4.90 Å². The molecular formula is C17H24N2O2. The minimum atomic E-state index is -0.480. The van der Waals surface area contributed by atoms with Gasteiger partial charge < -0.3 is 10.2 Å². The van der Waals surface area contributed by atoms with Crippen LogP contribution in [0.15, 0.2) is 30.3 Å². The average Bonchev–Trinajstić information content (AvgIpc) is 2.47. The van der Waals surface area contributed by atoms with Crippen molar-refractivity contribution < 1.29 is 9.59 Å². The maximum Gasteiger partial charge on any atom is 0.247 e. The van der Waals surface area contributed by atoms with Crippen LogP contribution in [0, 0.1) is 5.92 Å². The van der Waals surface area contributed by atoms with Crippen LogP contribution in [-0.4, -0.2) is 29.8 Å². The minimum Gasteiger partial charge on any atom is -0.345 e. The summed E-state index contributed by atoms with van der Waals surface area (Å²) in [6.07, 6.45) is 3.19. The number of benzene rings is 1. The Morgan fingerprint density at radius 1 is 1.19 bits per heavy atom. The summed E-state index contributed by atoms with van der Waals surface area (Å²) in [6, 6.07) is 9.05. The lowest BCUT2D eigenvalue weighted by Crippen LogP contribution is -2.53. The molecule has 21 heavy (non-hydrogen) atoms. The highest BCUT2D eigenvalue weighted by molar-refractivity contribution is 5.95. The molecule has 0 aliphatic carbocycles. The molecule has 1 atom stereocenters. The lowest BCUT2D eigenvalue weighted by atomic mass is 10.0. The summed E-state index contributed by atoms with van der Waals surface area (Å²) in [5.74, 6) is 0.605. The quantitative estimate of drug-likeness (QED) is 0.818. The first kappa shape index (κ1) is 15.5. The maximum atomic E-state index is 12.2. The van der Waals surface area contributed by atoms with E-state index in [9.17, 15) is 9.59 Å². The molecule has 1 N–H and O–H groups in total. The zero-order valence-corrected chi connectivity index (χ0v) is 12.8.